The summed E-state index contributed by atoms with van der Waals surface area (Å²) >= 11 is 0. The van der Waals surface area contributed by atoms with Crippen molar-refractivity contribution in [2.75, 3.05) is 5.73 Å². The van der Waals surface area contributed by atoms with Gasteiger partial charge in [0, 0.05) is 6.20 Å². The average Bonchev–Trinajstić information content (AvgIpc) is 2.64. The van der Waals surface area contributed by atoms with Crippen LogP contribution >= 0.6 is 0 Å². The summed E-state index contributed by atoms with van der Waals surface area (Å²) < 4.78 is 1.74. The average molecular weight is 198 g/mol. The van der Waals surface area contributed by atoms with Crippen LogP contribution in [0.2, 0.25) is 0 Å². The fourth-order valence-corrected chi connectivity index (χ4v) is 1.39. The molecular formula is C11H10N4. The number of anilines is 1. The smallest absolute Gasteiger partial charge is 0.0991 e. The van der Waals surface area contributed by atoms with Crippen LogP contribution in [0.5, 0.6) is 0 Å². The monoisotopic (exact) mass is 198 g/mol. The van der Waals surface area contributed by atoms with Gasteiger partial charge >= 0.3 is 0 Å². The lowest BCUT2D eigenvalue weighted by atomic mass is 10.1. The molecule has 0 radical (unpaired) electrons. The lowest BCUT2D eigenvalue weighted by molar-refractivity contribution is 0.687. The second-order valence-corrected chi connectivity index (χ2v) is 3.28. The van der Waals surface area contributed by atoms with Crippen LogP contribution in [0.25, 0.3) is 0 Å². The van der Waals surface area contributed by atoms with E-state index in [2.05, 4.69) is 11.2 Å². The van der Waals surface area contributed by atoms with Crippen LogP contribution in [0, 0.1) is 11.3 Å². The Labute approximate surface area is 87.6 Å². The molecule has 74 valence electrons. The van der Waals surface area contributed by atoms with Crippen LogP contribution in [-0.2, 0) is 6.54 Å². The molecule has 0 unspecified atom stereocenters. The van der Waals surface area contributed by atoms with E-state index in [1.165, 1.54) is 0 Å². The van der Waals surface area contributed by atoms with Gasteiger partial charge in [0.25, 0.3) is 0 Å². The largest absolute Gasteiger partial charge is 0.396 e. The lowest BCUT2D eigenvalue weighted by Crippen LogP contribution is -1.99. The highest BCUT2D eigenvalue weighted by Crippen LogP contribution is 2.07. The van der Waals surface area contributed by atoms with E-state index < -0.39 is 0 Å². The Morgan fingerprint density at radius 2 is 2.33 bits per heavy atom. The zero-order valence-corrected chi connectivity index (χ0v) is 8.09. The molecule has 0 aliphatic heterocycles. The standard InChI is InChI=1S/C11H10N4/c12-5-9-2-1-3-10(4-9)7-15-8-11(13)6-14-15/h1-4,6,8H,7,13H2. The molecule has 2 aromatic rings. The van der Waals surface area contributed by atoms with Crippen LogP contribution in [-0.4, -0.2) is 9.78 Å². The van der Waals surface area contributed by atoms with Gasteiger partial charge in [0.2, 0.25) is 0 Å². The summed E-state index contributed by atoms with van der Waals surface area (Å²) in [5.74, 6) is 0. The zero-order valence-electron chi connectivity index (χ0n) is 8.09. The van der Waals surface area contributed by atoms with Crippen molar-refractivity contribution in [2.45, 2.75) is 6.54 Å². The molecule has 0 atom stereocenters. The van der Waals surface area contributed by atoms with Crippen molar-refractivity contribution >= 4 is 5.69 Å². The van der Waals surface area contributed by atoms with E-state index in [1.54, 1.807) is 23.1 Å². The van der Waals surface area contributed by atoms with E-state index in [0.717, 1.165) is 5.56 Å². The molecule has 4 nitrogen and oxygen atoms in total. The predicted molar refractivity (Wildman–Crippen MR) is 56.9 cm³/mol. The second kappa shape index (κ2) is 3.84. The SMILES string of the molecule is N#Cc1cccc(Cn2cc(N)cn2)c1. The molecule has 15 heavy (non-hydrogen) atoms. The topological polar surface area (TPSA) is 67.6 Å². The fourth-order valence-electron chi connectivity index (χ4n) is 1.39. The second-order valence-electron chi connectivity index (χ2n) is 3.28. The molecular weight excluding hydrogens is 188 g/mol. The first-order chi connectivity index (χ1) is 7.28. The summed E-state index contributed by atoms with van der Waals surface area (Å²) in [5.41, 5.74) is 7.90. The number of nitrogen functional groups attached to an aromatic ring is 1. The minimum absolute atomic E-state index is 0.632. The molecule has 0 amide bonds. The van der Waals surface area contributed by atoms with Gasteiger partial charge in [-0.3, -0.25) is 4.68 Å². The maximum Gasteiger partial charge on any atom is 0.0991 e. The summed E-state index contributed by atoms with van der Waals surface area (Å²) in [4.78, 5) is 0. The number of nitrogens with zero attached hydrogens (tertiary/aromatic N) is 3. The Kier molecular flexibility index (Phi) is 2.38. The third kappa shape index (κ3) is 2.15. The van der Waals surface area contributed by atoms with Gasteiger partial charge in [0.15, 0.2) is 0 Å². The molecule has 1 aromatic heterocycles. The number of aromatic nitrogens is 2. The molecule has 0 spiro atoms. The lowest BCUT2D eigenvalue weighted by Gasteiger charge is -2.01. The fraction of sp³-hybridized carbons (Fsp3) is 0.0909. The number of nitriles is 1. The van der Waals surface area contributed by atoms with E-state index in [1.807, 2.05) is 18.2 Å². The summed E-state index contributed by atoms with van der Waals surface area (Å²) in [6.45, 7) is 0.632. The van der Waals surface area contributed by atoms with Crippen LogP contribution in [0.1, 0.15) is 11.1 Å². The van der Waals surface area contributed by atoms with Gasteiger partial charge in [-0.1, -0.05) is 12.1 Å². The Morgan fingerprint density at radius 1 is 1.47 bits per heavy atom. The molecule has 4 heteroatoms. The quantitative estimate of drug-likeness (QED) is 0.792. The molecule has 0 bridgehead atoms. The van der Waals surface area contributed by atoms with Crippen molar-refractivity contribution in [3.8, 4) is 6.07 Å². The number of nitrogens with two attached hydrogens (primary N) is 1. The molecule has 0 fully saturated rings. The maximum atomic E-state index is 8.74. The minimum Gasteiger partial charge on any atom is -0.396 e. The van der Waals surface area contributed by atoms with Crippen molar-refractivity contribution in [1.82, 2.24) is 9.78 Å². The Morgan fingerprint density at radius 3 is 3.00 bits per heavy atom. The van der Waals surface area contributed by atoms with Gasteiger partial charge < -0.3 is 5.73 Å². The summed E-state index contributed by atoms with van der Waals surface area (Å²) in [5, 5.41) is 12.8. The van der Waals surface area contributed by atoms with Crippen LogP contribution in [0.15, 0.2) is 36.7 Å². The summed E-state index contributed by atoms with van der Waals surface area (Å²) in [7, 11) is 0. The highest BCUT2D eigenvalue weighted by molar-refractivity contribution is 5.34. The van der Waals surface area contributed by atoms with Gasteiger partial charge in [-0.05, 0) is 17.7 Å². The molecule has 0 saturated heterocycles. The molecule has 0 saturated carbocycles. The van der Waals surface area contributed by atoms with Crippen molar-refractivity contribution in [3.05, 3.63) is 47.8 Å². The summed E-state index contributed by atoms with van der Waals surface area (Å²) in [6.07, 6.45) is 3.37. The number of benzene rings is 1. The number of hydrogen-bond donors (Lipinski definition) is 1. The Hall–Kier alpha value is -2.28. The van der Waals surface area contributed by atoms with E-state index in [9.17, 15) is 0 Å². The molecule has 0 aliphatic rings. The first-order valence-electron chi connectivity index (χ1n) is 4.55. The molecule has 2 rings (SSSR count). The highest BCUT2D eigenvalue weighted by Gasteiger charge is 1.98. The first kappa shape index (κ1) is 9.28. The third-order valence-corrected chi connectivity index (χ3v) is 2.05. The van der Waals surface area contributed by atoms with Gasteiger partial charge in [-0.25, -0.2) is 0 Å². The Balaban J connectivity index is 2.21. The van der Waals surface area contributed by atoms with Crippen molar-refractivity contribution in [3.63, 3.8) is 0 Å². The summed E-state index contributed by atoms with van der Waals surface area (Å²) in [6, 6.07) is 9.55. The van der Waals surface area contributed by atoms with E-state index in [0.29, 0.717) is 17.8 Å². The molecule has 1 aromatic carbocycles. The van der Waals surface area contributed by atoms with Gasteiger partial charge in [-0.2, -0.15) is 10.4 Å². The zero-order chi connectivity index (χ0) is 10.7. The molecule has 2 N–H and O–H groups in total. The van der Waals surface area contributed by atoms with Crippen LogP contribution in [0.3, 0.4) is 0 Å². The van der Waals surface area contributed by atoms with Crippen molar-refractivity contribution < 1.29 is 0 Å². The van der Waals surface area contributed by atoms with Crippen LogP contribution in [0.4, 0.5) is 5.69 Å². The van der Waals surface area contributed by atoms with E-state index in [-0.39, 0.29) is 0 Å². The third-order valence-electron chi connectivity index (χ3n) is 2.05. The number of rotatable bonds is 2. The number of hydrogen-bond acceptors (Lipinski definition) is 3. The van der Waals surface area contributed by atoms with Crippen LogP contribution < -0.4 is 5.73 Å². The molecule has 0 aliphatic carbocycles. The minimum atomic E-state index is 0.632. The Bertz CT molecular complexity index is 507. The van der Waals surface area contributed by atoms with Gasteiger partial charge in [0.1, 0.15) is 0 Å². The van der Waals surface area contributed by atoms with E-state index in [4.69, 9.17) is 11.0 Å². The van der Waals surface area contributed by atoms with Gasteiger partial charge in [-0.15, -0.1) is 0 Å². The van der Waals surface area contributed by atoms with Crippen molar-refractivity contribution in [1.29, 1.82) is 5.26 Å². The normalized spacial score (nSPS) is 9.80. The maximum absolute atomic E-state index is 8.74. The van der Waals surface area contributed by atoms with Gasteiger partial charge in [0.05, 0.1) is 30.1 Å². The first-order valence-corrected chi connectivity index (χ1v) is 4.55. The van der Waals surface area contributed by atoms with E-state index >= 15 is 0 Å². The highest BCUT2D eigenvalue weighted by atomic mass is 15.3. The predicted octanol–water partition coefficient (Wildman–Crippen LogP) is 1.39. The molecule has 1 heterocycles. The van der Waals surface area contributed by atoms with Crippen molar-refractivity contribution in [2.24, 2.45) is 0 Å².